The number of alkyl halides is 3. The Morgan fingerprint density at radius 2 is 2.00 bits per heavy atom. The first-order valence-corrected chi connectivity index (χ1v) is 5.24. The van der Waals surface area contributed by atoms with E-state index in [4.69, 9.17) is 0 Å². The largest absolute Gasteiger partial charge is 0.405 e. The van der Waals surface area contributed by atoms with Crippen molar-refractivity contribution in [3.63, 3.8) is 0 Å². The van der Waals surface area contributed by atoms with Gasteiger partial charge in [0.15, 0.2) is 0 Å². The summed E-state index contributed by atoms with van der Waals surface area (Å²) in [5.74, 6) is -0.570. The van der Waals surface area contributed by atoms with Crippen molar-refractivity contribution in [2.75, 3.05) is 39.3 Å². The summed E-state index contributed by atoms with van der Waals surface area (Å²) in [7, 11) is 0. The van der Waals surface area contributed by atoms with Gasteiger partial charge in [0, 0.05) is 13.1 Å². The predicted octanol–water partition coefficient (Wildman–Crippen LogP) is 0.382. The van der Waals surface area contributed by atoms with Crippen molar-refractivity contribution in [1.82, 2.24) is 15.5 Å². The summed E-state index contributed by atoms with van der Waals surface area (Å²) in [6.45, 7) is 1.88. The Balaban J connectivity index is 0.00000256. The molecule has 0 atom stereocenters. The fraction of sp³-hybridized carbons (Fsp3) is 0.889. The van der Waals surface area contributed by atoms with Crippen LogP contribution in [0.1, 0.15) is 6.42 Å². The van der Waals surface area contributed by atoms with E-state index in [0.717, 1.165) is 26.1 Å². The third-order valence-electron chi connectivity index (χ3n) is 2.29. The molecule has 102 valence electrons. The number of nitrogens with one attached hydrogen (secondary N) is 2. The standard InChI is InChI=1S/C9H16F3N3O.ClH/c10-9(11,12)7-14-8(16)6-15-4-1-2-13-3-5-15;/h13H,1-7H2,(H,14,16);1H. The number of carbonyl (C=O) groups excluding carboxylic acids is 1. The lowest BCUT2D eigenvalue weighted by molar-refractivity contribution is -0.139. The second-order valence-corrected chi connectivity index (χ2v) is 3.77. The molecule has 0 aromatic rings. The minimum atomic E-state index is -4.34. The molecule has 0 saturated carbocycles. The molecular formula is C9H17ClF3N3O. The maximum Gasteiger partial charge on any atom is 0.405 e. The Bertz CT molecular complexity index is 230. The van der Waals surface area contributed by atoms with Gasteiger partial charge in [-0.2, -0.15) is 13.2 Å². The number of halogens is 4. The number of carbonyl (C=O) groups is 1. The number of amides is 1. The van der Waals surface area contributed by atoms with Crippen molar-refractivity contribution in [2.45, 2.75) is 12.6 Å². The molecule has 4 nitrogen and oxygen atoms in total. The Hall–Kier alpha value is -0.530. The summed E-state index contributed by atoms with van der Waals surface area (Å²) in [6, 6.07) is 0. The maximum absolute atomic E-state index is 11.8. The molecule has 2 N–H and O–H groups in total. The SMILES string of the molecule is Cl.O=C(CN1CCCNCC1)NCC(F)(F)F. The summed E-state index contributed by atoms with van der Waals surface area (Å²) in [4.78, 5) is 13.0. The van der Waals surface area contributed by atoms with Crippen LogP contribution in [0.3, 0.4) is 0 Å². The van der Waals surface area contributed by atoms with E-state index in [1.807, 2.05) is 10.2 Å². The van der Waals surface area contributed by atoms with Crippen molar-refractivity contribution in [3.05, 3.63) is 0 Å². The molecule has 0 aliphatic carbocycles. The van der Waals surface area contributed by atoms with Gasteiger partial charge in [-0.05, 0) is 19.5 Å². The first-order chi connectivity index (χ1) is 7.47. The average Bonchev–Trinajstić information content (AvgIpc) is 2.42. The van der Waals surface area contributed by atoms with E-state index in [9.17, 15) is 18.0 Å². The highest BCUT2D eigenvalue weighted by atomic mass is 35.5. The molecule has 0 bridgehead atoms. The molecule has 1 heterocycles. The van der Waals surface area contributed by atoms with Crippen LogP contribution in [0.15, 0.2) is 0 Å². The highest BCUT2D eigenvalue weighted by molar-refractivity contribution is 5.85. The van der Waals surface area contributed by atoms with Gasteiger partial charge >= 0.3 is 6.18 Å². The van der Waals surface area contributed by atoms with Crippen LogP contribution >= 0.6 is 12.4 Å². The molecule has 1 aliphatic heterocycles. The highest BCUT2D eigenvalue weighted by Crippen LogP contribution is 2.12. The predicted molar refractivity (Wildman–Crippen MR) is 60.2 cm³/mol. The molecule has 0 unspecified atom stereocenters. The van der Waals surface area contributed by atoms with Crippen LogP contribution in [0.4, 0.5) is 13.2 Å². The first kappa shape index (κ1) is 16.5. The smallest absolute Gasteiger partial charge is 0.346 e. The Labute approximate surface area is 104 Å². The zero-order valence-electron chi connectivity index (χ0n) is 9.35. The Morgan fingerprint density at radius 3 is 2.65 bits per heavy atom. The molecule has 17 heavy (non-hydrogen) atoms. The minimum absolute atomic E-state index is 0. The van der Waals surface area contributed by atoms with Gasteiger partial charge in [-0.15, -0.1) is 12.4 Å². The Kier molecular flexibility index (Phi) is 7.49. The third-order valence-corrected chi connectivity index (χ3v) is 2.29. The molecule has 1 rings (SSSR count). The number of hydrogen-bond donors (Lipinski definition) is 2. The van der Waals surface area contributed by atoms with Crippen LogP contribution in [0.2, 0.25) is 0 Å². The molecule has 1 saturated heterocycles. The lowest BCUT2D eigenvalue weighted by atomic mass is 10.4. The van der Waals surface area contributed by atoms with E-state index >= 15 is 0 Å². The molecule has 0 aromatic heterocycles. The number of rotatable bonds is 3. The van der Waals surface area contributed by atoms with Gasteiger partial charge in [-0.1, -0.05) is 0 Å². The average molecular weight is 276 g/mol. The van der Waals surface area contributed by atoms with Crippen molar-refractivity contribution in [3.8, 4) is 0 Å². The number of nitrogens with zero attached hydrogens (tertiary/aromatic N) is 1. The zero-order valence-corrected chi connectivity index (χ0v) is 10.2. The molecule has 0 radical (unpaired) electrons. The summed E-state index contributed by atoms with van der Waals surface area (Å²) >= 11 is 0. The second kappa shape index (κ2) is 7.73. The van der Waals surface area contributed by atoms with Gasteiger partial charge in [0.2, 0.25) is 5.91 Å². The summed E-state index contributed by atoms with van der Waals surface area (Å²) in [5, 5.41) is 5.02. The van der Waals surface area contributed by atoms with E-state index in [2.05, 4.69) is 5.32 Å². The van der Waals surface area contributed by atoms with Crippen LogP contribution in [-0.2, 0) is 4.79 Å². The van der Waals surface area contributed by atoms with Crippen molar-refractivity contribution in [2.24, 2.45) is 0 Å². The zero-order chi connectivity index (χ0) is 12.0. The molecular weight excluding hydrogens is 259 g/mol. The van der Waals surface area contributed by atoms with Gasteiger partial charge in [-0.3, -0.25) is 9.69 Å². The first-order valence-electron chi connectivity index (χ1n) is 5.24. The van der Waals surface area contributed by atoms with E-state index in [1.165, 1.54) is 0 Å². The van der Waals surface area contributed by atoms with E-state index in [1.54, 1.807) is 0 Å². The second-order valence-electron chi connectivity index (χ2n) is 3.77. The molecule has 1 amide bonds. The summed E-state index contributed by atoms with van der Waals surface area (Å²) in [6.07, 6.45) is -3.43. The topological polar surface area (TPSA) is 44.4 Å². The molecule has 1 aliphatic rings. The van der Waals surface area contributed by atoms with E-state index < -0.39 is 18.6 Å². The van der Waals surface area contributed by atoms with Gasteiger partial charge in [-0.25, -0.2) is 0 Å². The van der Waals surface area contributed by atoms with Crippen LogP contribution in [0.25, 0.3) is 0 Å². The van der Waals surface area contributed by atoms with E-state index in [0.29, 0.717) is 6.54 Å². The lowest BCUT2D eigenvalue weighted by Gasteiger charge is -2.18. The molecule has 0 aromatic carbocycles. The van der Waals surface area contributed by atoms with Crippen LogP contribution < -0.4 is 10.6 Å². The molecule has 8 heteroatoms. The normalized spacial score (nSPS) is 18.1. The highest BCUT2D eigenvalue weighted by Gasteiger charge is 2.27. The van der Waals surface area contributed by atoms with Gasteiger partial charge < -0.3 is 10.6 Å². The maximum atomic E-state index is 11.8. The minimum Gasteiger partial charge on any atom is -0.346 e. The Morgan fingerprint density at radius 1 is 1.29 bits per heavy atom. The van der Waals surface area contributed by atoms with Crippen LogP contribution in [-0.4, -0.2) is 56.3 Å². The van der Waals surface area contributed by atoms with Gasteiger partial charge in [0.1, 0.15) is 6.54 Å². The van der Waals surface area contributed by atoms with Gasteiger partial charge in [0.25, 0.3) is 0 Å². The fourth-order valence-electron chi connectivity index (χ4n) is 1.52. The lowest BCUT2D eigenvalue weighted by Crippen LogP contribution is -2.42. The van der Waals surface area contributed by atoms with E-state index in [-0.39, 0.29) is 19.0 Å². The van der Waals surface area contributed by atoms with Gasteiger partial charge in [0.05, 0.1) is 6.54 Å². The summed E-state index contributed by atoms with van der Waals surface area (Å²) in [5.41, 5.74) is 0. The number of hydrogen-bond acceptors (Lipinski definition) is 3. The molecule has 1 fully saturated rings. The summed E-state index contributed by atoms with van der Waals surface area (Å²) < 4.78 is 35.5. The third kappa shape index (κ3) is 8.23. The molecule has 0 spiro atoms. The van der Waals surface area contributed by atoms with Crippen molar-refractivity contribution >= 4 is 18.3 Å². The van der Waals surface area contributed by atoms with Crippen molar-refractivity contribution in [1.29, 1.82) is 0 Å². The fourth-order valence-corrected chi connectivity index (χ4v) is 1.52. The van der Waals surface area contributed by atoms with Crippen LogP contribution in [0, 0.1) is 0 Å². The van der Waals surface area contributed by atoms with Crippen LogP contribution in [0.5, 0.6) is 0 Å². The monoisotopic (exact) mass is 275 g/mol. The van der Waals surface area contributed by atoms with Crippen molar-refractivity contribution < 1.29 is 18.0 Å². The quantitative estimate of drug-likeness (QED) is 0.783.